The van der Waals surface area contributed by atoms with Crippen molar-refractivity contribution in [2.75, 3.05) is 11.9 Å². The van der Waals surface area contributed by atoms with E-state index in [1.54, 1.807) is 6.08 Å². The Morgan fingerprint density at radius 2 is 1.89 bits per heavy atom. The van der Waals surface area contributed by atoms with Gasteiger partial charge in [0.15, 0.2) is 5.13 Å². The molecule has 2 aromatic carbocycles. The van der Waals surface area contributed by atoms with Crippen LogP contribution < -0.4 is 10.1 Å². The Morgan fingerprint density at radius 3 is 2.57 bits per heavy atom. The molecule has 6 heteroatoms. The van der Waals surface area contributed by atoms with Gasteiger partial charge in [-0.05, 0) is 49.2 Å². The van der Waals surface area contributed by atoms with Gasteiger partial charge in [0.2, 0.25) is 5.91 Å². The first kappa shape index (κ1) is 20.1. The molecule has 0 unspecified atom stereocenters. The smallest absolute Gasteiger partial charge is 0.250 e. The lowest BCUT2D eigenvalue weighted by molar-refractivity contribution is -0.111. The molecular formula is C22H21ClN2O2S. The monoisotopic (exact) mass is 412 g/mol. The molecule has 4 nitrogen and oxygen atoms in total. The summed E-state index contributed by atoms with van der Waals surface area (Å²) in [6, 6.07) is 15.1. The van der Waals surface area contributed by atoms with E-state index < -0.39 is 0 Å². The maximum Gasteiger partial charge on any atom is 0.250 e. The van der Waals surface area contributed by atoms with Gasteiger partial charge < -0.3 is 4.74 Å². The number of rotatable bonds is 7. The molecular weight excluding hydrogens is 392 g/mol. The number of benzene rings is 2. The lowest BCUT2D eigenvalue weighted by Gasteiger charge is -2.04. The number of anilines is 1. The first-order valence-electron chi connectivity index (χ1n) is 9.00. The predicted molar refractivity (Wildman–Crippen MR) is 117 cm³/mol. The van der Waals surface area contributed by atoms with Crippen LogP contribution in [0.5, 0.6) is 5.75 Å². The maximum atomic E-state index is 12.2. The zero-order valence-electron chi connectivity index (χ0n) is 15.7. The predicted octanol–water partition coefficient (Wildman–Crippen LogP) is 6.21. The minimum Gasteiger partial charge on any atom is -0.494 e. The van der Waals surface area contributed by atoms with Crippen LogP contribution in [-0.2, 0) is 4.79 Å². The fourth-order valence-electron chi connectivity index (χ4n) is 2.54. The molecule has 0 aliphatic heterocycles. The fourth-order valence-corrected chi connectivity index (χ4v) is 3.50. The standard InChI is InChI=1S/C22H21ClN2O2S/c1-3-14-27-19-11-4-16(5-12-19)6-13-20(26)24-22-25-21(15(2)28-22)17-7-9-18(23)10-8-17/h4-13H,3,14H2,1-2H3,(H,24,25,26). The summed E-state index contributed by atoms with van der Waals surface area (Å²) in [6.07, 6.45) is 4.23. The van der Waals surface area contributed by atoms with Gasteiger partial charge in [-0.25, -0.2) is 4.98 Å². The van der Waals surface area contributed by atoms with E-state index >= 15 is 0 Å². The Labute approximate surface area is 173 Å². The van der Waals surface area contributed by atoms with Crippen LogP contribution >= 0.6 is 22.9 Å². The zero-order chi connectivity index (χ0) is 19.9. The second-order valence-corrected chi connectivity index (χ2v) is 7.81. The Kier molecular flexibility index (Phi) is 6.85. The summed E-state index contributed by atoms with van der Waals surface area (Å²) >= 11 is 7.39. The molecule has 3 rings (SSSR count). The van der Waals surface area contributed by atoms with Gasteiger partial charge in [0, 0.05) is 21.5 Å². The van der Waals surface area contributed by atoms with E-state index in [0.29, 0.717) is 16.8 Å². The topological polar surface area (TPSA) is 51.2 Å². The lowest BCUT2D eigenvalue weighted by Crippen LogP contribution is -2.07. The number of hydrogen-bond acceptors (Lipinski definition) is 4. The zero-order valence-corrected chi connectivity index (χ0v) is 17.3. The first-order valence-corrected chi connectivity index (χ1v) is 10.2. The third kappa shape index (κ3) is 5.44. The Balaban J connectivity index is 1.62. The fraction of sp³-hybridized carbons (Fsp3) is 0.182. The molecule has 0 radical (unpaired) electrons. The second-order valence-electron chi connectivity index (χ2n) is 6.17. The van der Waals surface area contributed by atoms with Gasteiger partial charge in [0.05, 0.1) is 12.3 Å². The highest BCUT2D eigenvalue weighted by molar-refractivity contribution is 7.16. The van der Waals surface area contributed by atoms with Gasteiger partial charge in [-0.1, -0.05) is 42.8 Å². The highest BCUT2D eigenvalue weighted by Gasteiger charge is 2.11. The average Bonchev–Trinajstić information content (AvgIpc) is 3.06. The minimum atomic E-state index is -0.220. The maximum absolute atomic E-state index is 12.2. The van der Waals surface area contributed by atoms with Crippen molar-refractivity contribution in [1.82, 2.24) is 4.98 Å². The molecule has 0 fully saturated rings. The van der Waals surface area contributed by atoms with Crippen molar-refractivity contribution in [3.8, 4) is 17.0 Å². The number of carbonyl (C=O) groups excluding carboxylic acids is 1. The molecule has 0 spiro atoms. The van der Waals surface area contributed by atoms with Crippen LogP contribution in [0.15, 0.2) is 54.6 Å². The molecule has 1 heterocycles. The highest BCUT2D eigenvalue weighted by Crippen LogP contribution is 2.31. The van der Waals surface area contributed by atoms with Crippen LogP contribution in [0.25, 0.3) is 17.3 Å². The van der Waals surface area contributed by atoms with Crippen LogP contribution in [0, 0.1) is 6.92 Å². The molecule has 28 heavy (non-hydrogen) atoms. The molecule has 0 aliphatic carbocycles. The molecule has 1 aromatic heterocycles. The number of aryl methyl sites for hydroxylation is 1. The average molecular weight is 413 g/mol. The van der Waals surface area contributed by atoms with Crippen LogP contribution in [-0.4, -0.2) is 17.5 Å². The minimum absolute atomic E-state index is 0.220. The van der Waals surface area contributed by atoms with Crippen molar-refractivity contribution in [3.63, 3.8) is 0 Å². The number of amides is 1. The Morgan fingerprint density at radius 1 is 1.18 bits per heavy atom. The van der Waals surface area contributed by atoms with Crippen LogP contribution in [0.2, 0.25) is 5.02 Å². The van der Waals surface area contributed by atoms with Crippen molar-refractivity contribution in [2.45, 2.75) is 20.3 Å². The summed E-state index contributed by atoms with van der Waals surface area (Å²) in [6.45, 7) is 4.75. The lowest BCUT2D eigenvalue weighted by atomic mass is 10.1. The molecule has 0 aliphatic rings. The molecule has 3 aromatic rings. The number of nitrogens with zero attached hydrogens (tertiary/aromatic N) is 1. The third-order valence-electron chi connectivity index (χ3n) is 3.92. The van der Waals surface area contributed by atoms with Gasteiger partial charge in [-0.15, -0.1) is 11.3 Å². The quantitative estimate of drug-likeness (QED) is 0.469. The second kappa shape index (κ2) is 9.53. The van der Waals surface area contributed by atoms with Crippen LogP contribution in [0.4, 0.5) is 5.13 Å². The van der Waals surface area contributed by atoms with Gasteiger partial charge >= 0.3 is 0 Å². The normalized spacial score (nSPS) is 11.0. The van der Waals surface area contributed by atoms with Crippen molar-refractivity contribution < 1.29 is 9.53 Å². The van der Waals surface area contributed by atoms with Gasteiger partial charge in [0.1, 0.15) is 5.75 Å². The van der Waals surface area contributed by atoms with Gasteiger partial charge in [-0.3, -0.25) is 10.1 Å². The number of aromatic nitrogens is 1. The number of halogens is 1. The van der Waals surface area contributed by atoms with E-state index in [0.717, 1.165) is 33.9 Å². The van der Waals surface area contributed by atoms with Gasteiger partial charge in [0.25, 0.3) is 0 Å². The molecule has 1 amide bonds. The van der Waals surface area contributed by atoms with E-state index in [1.165, 1.54) is 17.4 Å². The number of hydrogen-bond donors (Lipinski definition) is 1. The van der Waals surface area contributed by atoms with Crippen molar-refractivity contribution in [3.05, 3.63) is 70.1 Å². The third-order valence-corrected chi connectivity index (χ3v) is 5.06. The van der Waals surface area contributed by atoms with E-state index in [4.69, 9.17) is 16.3 Å². The van der Waals surface area contributed by atoms with Crippen molar-refractivity contribution in [1.29, 1.82) is 0 Å². The SMILES string of the molecule is CCCOc1ccc(C=CC(=O)Nc2nc(-c3ccc(Cl)cc3)c(C)s2)cc1. The number of carbonyl (C=O) groups is 1. The number of thiazole rings is 1. The summed E-state index contributed by atoms with van der Waals surface area (Å²) in [4.78, 5) is 17.8. The summed E-state index contributed by atoms with van der Waals surface area (Å²) in [5.41, 5.74) is 2.75. The molecule has 0 saturated carbocycles. The molecule has 0 atom stereocenters. The van der Waals surface area contributed by atoms with E-state index in [-0.39, 0.29) is 5.91 Å². The summed E-state index contributed by atoms with van der Waals surface area (Å²) in [5, 5.41) is 4.08. The van der Waals surface area contributed by atoms with E-state index in [9.17, 15) is 4.79 Å². The number of ether oxygens (including phenoxy) is 1. The molecule has 1 N–H and O–H groups in total. The molecule has 0 bridgehead atoms. The first-order chi connectivity index (χ1) is 13.5. The van der Waals surface area contributed by atoms with Crippen molar-refractivity contribution >= 4 is 40.1 Å². The van der Waals surface area contributed by atoms with Crippen LogP contribution in [0.3, 0.4) is 0 Å². The Bertz CT molecular complexity index is 963. The summed E-state index contributed by atoms with van der Waals surface area (Å²) in [7, 11) is 0. The summed E-state index contributed by atoms with van der Waals surface area (Å²) in [5.74, 6) is 0.610. The Hall–Kier alpha value is -2.63. The summed E-state index contributed by atoms with van der Waals surface area (Å²) < 4.78 is 5.55. The van der Waals surface area contributed by atoms with Crippen LogP contribution in [0.1, 0.15) is 23.8 Å². The van der Waals surface area contributed by atoms with Gasteiger partial charge in [-0.2, -0.15) is 0 Å². The largest absolute Gasteiger partial charge is 0.494 e. The molecule has 0 saturated heterocycles. The molecule has 144 valence electrons. The van der Waals surface area contributed by atoms with Crippen molar-refractivity contribution in [2.24, 2.45) is 0 Å². The number of nitrogens with one attached hydrogen (secondary N) is 1. The highest BCUT2D eigenvalue weighted by atomic mass is 35.5. The van der Waals surface area contributed by atoms with E-state index in [1.807, 2.05) is 55.5 Å². The van der Waals surface area contributed by atoms with E-state index in [2.05, 4.69) is 17.2 Å².